The van der Waals surface area contributed by atoms with Crippen molar-refractivity contribution in [2.45, 2.75) is 18.8 Å². The molecule has 140 valence electrons. The van der Waals surface area contributed by atoms with E-state index in [4.69, 9.17) is 0 Å². The van der Waals surface area contributed by atoms with Crippen LogP contribution < -0.4 is 10.9 Å². The van der Waals surface area contributed by atoms with Crippen molar-refractivity contribution in [3.05, 3.63) is 107 Å². The first-order valence-corrected chi connectivity index (χ1v) is 9.40. The van der Waals surface area contributed by atoms with Crippen molar-refractivity contribution in [3.63, 3.8) is 0 Å². The third kappa shape index (κ3) is 3.18. The van der Waals surface area contributed by atoms with Crippen LogP contribution in [-0.2, 0) is 10.2 Å². The van der Waals surface area contributed by atoms with Crippen molar-refractivity contribution in [3.8, 4) is 0 Å². The van der Waals surface area contributed by atoms with Crippen LogP contribution in [0.15, 0.2) is 84.9 Å². The summed E-state index contributed by atoms with van der Waals surface area (Å²) in [5.74, 6) is -0.707. The quantitative estimate of drug-likeness (QED) is 0.687. The number of carbonyl (C=O) groups excluding carboxylic acids is 2. The Morgan fingerprint density at radius 3 is 1.89 bits per heavy atom. The summed E-state index contributed by atoms with van der Waals surface area (Å²) in [4.78, 5) is 25.3. The largest absolute Gasteiger partial charge is 0.273 e. The van der Waals surface area contributed by atoms with Crippen molar-refractivity contribution in [2.75, 3.05) is 0 Å². The van der Waals surface area contributed by atoms with Gasteiger partial charge in [-0.2, -0.15) is 0 Å². The van der Waals surface area contributed by atoms with Crippen LogP contribution in [0.5, 0.6) is 0 Å². The van der Waals surface area contributed by atoms with Crippen LogP contribution >= 0.6 is 0 Å². The minimum atomic E-state index is -0.347. The molecule has 1 unspecified atom stereocenters. The lowest BCUT2D eigenvalue weighted by Crippen LogP contribution is -2.43. The molecule has 28 heavy (non-hydrogen) atoms. The van der Waals surface area contributed by atoms with Gasteiger partial charge < -0.3 is 0 Å². The molecular weight excluding hydrogens is 348 g/mol. The highest BCUT2D eigenvalue weighted by Gasteiger charge is 2.60. The molecule has 4 heteroatoms. The number of rotatable bonds is 4. The van der Waals surface area contributed by atoms with Crippen molar-refractivity contribution in [2.24, 2.45) is 5.92 Å². The van der Waals surface area contributed by atoms with Gasteiger partial charge in [-0.15, -0.1) is 0 Å². The summed E-state index contributed by atoms with van der Waals surface area (Å²) >= 11 is 0. The highest BCUT2D eigenvalue weighted by atomic mass is 16.2. The van der Waals surface area contributed by atoms with Crippen LogP contribution in [0.1, 0.15) is 33.5 Å². The van der Waals surface area contributed by atoms with Crippen LogP contribution in [0.3, 0.4) is 0 Å². The molecule has 0 bridgehead atoms. The number of carbonyl (C=O) groups is 2. The molecule has 1 fully saturated rings. The molecule has 1 aliphatic rings. The molecule has 0 aromatic heterocycles. The second kappa shape index (κ2) is 7.31. The van der Waals surface area contributed by atoms with Gasteiger partial charge >= 0.3 is 0 Å². The molecule has 0 aliphatic heterocycles. The summed E-state index contributed by atoms with van der Waals surface area (Å²) in [5, 5.41) is 0. The number of hydrazine groups is 1. The average molecular weight is 370 g/mol. The topological polar surface area (TPSA) is 58.2 Å². The van der Waals surface area contributed by atoms with E-state index in [-0.39, 0.29) is 23.1 Å². The van der Waals surface area contributed by atoms with Gasteiger partial charge in [-0.3, -0.25) is 20.4 Å². The van der Waals surface area contributed by atoms with Crippen LogP contribution in [0, 0.1) is 12.8 Å². The predicted molar refractivity (Wildman–Crippen MR) is 109 cm³/mol. The van der Waals surface area contributed by atoms with Gasteiger partial charge in [-0.1, -0.05) is 78.9 Å². The smallest absolute Gasteiger partial charge is 0.269 e. The normalized spacial score (nSPS) is 16.8. The Labute approximate surface area is 164 Å². The molecule has 1 saturated carbocycles. The van der Waals surface area contributed by atoms with Crippen molar-refractivity contribution in [1.82, 2.24) is 10.9 Å². The molecule has 2 N–H and O–H groups in total. The Hall–Kier alpha value is -3.40. The van der Waals surface area contributed by atoms with Gasteiger partial charge in [0.1, 0.15) is 0 Å². The number of hydrogen-bond acceptors (Lipinski definition) is 2. The average Bonchev–Trinajstić information content (AvgIpc) is 3.51. The second-order valence-corrected chi connectivity index (χ2v) is 7.22. The van der Waals surface area contributed by atoms with Crippen LogP contribution in [0.25, 0.3) is 0 Å². The lowest BCUT2D eigenvalue weighted by molar-refractivity contribution is -0.123. The monoisotopic (exact) mass is 370 g/mol. The maximum Gasteiger partial charge on any atom is 0.269 e. The van der Waals surface area contributed by atoms with E-state index in [1.165, 1.54) is 0 Å². The summed E-state index contributed by atoms with van der Waals surface area (Å²) in [6, 6.07) is 27.5. The molecule has 3 aromatic carbocycles. The molecule has 1 atom stereocenters. The Morgan fingerprint density at radius 1 is 0.786 bits per heavy atom. The third-order valence-electron chi connectivity index (χ3n) is 5.54. The first-order chi connectivity index (χ1) is 13.6. The number of nitrogens with one attached hydrogen (secondary N) is 2. The number of hydrogen-bond donors (Lipinski definition) is 2. The number of aryl methyl sites for hydroxylation is 1. The van der Waals surface area contributed by atoms with Crippen molar-refractivity contribution >= 4 is 11.8 Å². The van der Waals surface area contributed by atoms with E-state index in [2.05, 4.69) is 35.1 Å². The van der Waals surface area contributed by atoms with E-state index in [0.29, 0.717) is 12.0 Å². The summed E-state index contributed by atoms with van der Waals surface area (Å²) in [6.07, 6.45) is 0.715. The first-order valence-electron chi connectivity index (χ1n) is 9.40. The standard InChI is InChI=1S/C24H22N2O2/c1-17-10-8-9-15-20(17)22(27)25-26-23(28)21-16-24(21,18-11-4-2-5-12-18)19-13-6-3-7-14-19/h2-15,21H,16H2,1H3,(H,25,27)(H,26,28). The third-order valence-corrected chi connectivity index (χ3v) is 5.54. The highest BCUT2D eigenvalue weighted by molar-refractivity contribution is 5.97. The zero-order valence-electron chi connectivity index (χ0n) is 15.7. The molecule has 0 spiro atoms. The summed E-state index contributed by atoms with van der Waals surface area (Å²) in [5.41, 5.74) is 8.49. The van der Waals surface area contributed by atoms with Crippen molar-refractivity contribution in [1.29, 1.82) is 0 Å². The molecule has 4 rings (SSSR count). The van der Waals surface area contributed by atoms with Crippen molar-refractivity contribution < 1.29 is 9.59 Å². The van der Waals surface area contributed by atoms with E-state index >= 15 is 0 Å². The van der Waals surface area contributed by atoms with E-state index in [0.717, 1.165) is 16.7 Å². The Bertz CT molecular complexity index is 960. The molecule has 0 heterocycles. The molecular formula is C24H22N2O2. The lowest BCUT2D eigenvalue weighted by atomic mass is 9.85. The highest BCUT2D eigenvalue weighted by Crippen LogP contribution is 2.58. The Balaban J connectivity index is 1.52. The van der Waals surface area contributed by atoms with Gasteiger partial charge in [0.15, 0.2) is 0 Å². The fraction of sp³-hybridized carbons (Fsp3) is 0.167. The second-order valence-electron chi connectivity index (χ2n) is 7.22. The van der Waals surface area contributed by atoms with E-state index in [1.54, 1.807) is 12.1 Å². The first kappa shape index (κ1) is 18.0. The van der Waals surface area contributed by atoms with E-state index < -0.39 is 0 Å². The van der Waals surface area contributed by atoms with Gasteiger partial charge in [-0.05, 0) is 36.1 Å². The number of amides is 2. The summed E-state index contributed by atoms with van der Waals surface area (Å²) in [6.45, 7) is 1.87. The van der Waals surface area contributed by atoms with Gasteiger partial charge in [0.05, 0.1) is 5.92 Å². The Kier molecular flexibility index (Phi) is 4.70. The minimum Gasteiger partial charge on any atom is -0.273 e. The van der Waals surface area contributed by atoms with Crippen LogP contribution in [0.2, 0.25) is 0 Å². The Morgan fingerprint density at radius 2 is 1.32 bits per heavy atom. The molecule has 2 amide bonds. The molecule has 3 aromatic rings. The van der Waals surface area contributed by atoms with E-state index in [9.17, 15) is 9.59 Å². The van der Waals surface area contributed by atoms with E-state index in [1.807, 2.05) is 55.5 Å². The maximum absolute atomic E-state index is 12.9. The zero-order valence-corrected chi connectivity index (χ0v) is 15.7. The minimum absolute atomic E-state index is 0.172. The molecule has 0 saturated heterocycles. The fourth-order valence-electron chi connectivity index (χ4n) is 3.96. The van der Waals surface area contributed by atoms with Gasteiger partial charge in [0, 0.05) is 11.0 Å². The van der Waals surface area contributed by atoms with Gasteiger partial charge in [-0.25, -0.2) is 0 Å². The van der Waals surface area contributed by atoms with Crippen LogP contribution in [0.4, 0.5) is 0 Å². The summed E-state index contributed by atoms with van der Waals surface area (Å²) < 4.78 is 0. The molecule has 1 aliphatic carbocycles. The SMILES string of the molecule is Cc1ccccc1C(=O)NNC(=O)C1CC1(c1ccccc1)c1ccccc1. The molecule has 0 radical (unpaired) electrons. The van der Waals surface area contributed by atoms with Gasteiger partial charge in [0.25, 0.3) is 5.91 Å². The number of benzene rings is 3. The maximum atomic E-state index is 12.9. The lowest BCUT2D eigenvalue weighted by Gasteiger charge is -2.19. The molecule has 4 nitrogen and oxygen atoms in total. The summed E-state index contributed by atoms with van der Waals surface area (Å²) in [7, 11) is 0. The fourth-order valence-corrected chi connectivity index (χ4v) is 3.96. The predicted octanol–water partition coefficient (Wildman–Crippen LogP) is 3.76. The zero-order chi connectivity index (χ0) is 19.6. The van der Waals surface area contributed by atoms with Gasteiger partial charge in [0.2, 0.25) is 5.91 Å². The van der Waals surface area contributed by atoms with Crippen LogP contribution in [-0.4, -0.2) is 11.8 Å².